The van der Waals surface area contributed by atoms with Gasteiger partial charge >= 0.3 is 5.97 Å². The maximum Gasteiger partial charge on any atom is 0.325 e. The number of halogens is 1. The Kier molecular flexibility index (Phi) is 2.65. The molecule has 2 rings (SSSR count). The van der Waals surface area contributed by atoms with Crippen LogP contribution in [0, 0.1) is 0 Å². The van der Waals surface area contributed by atoms with Crippen LogP contribution < -0.4 is 5.73 Å². The van der Waals surface area contributed by atoms with Gasteiger partial charge in [-0.2, -0.15) is 0 Å². The minimum absolute atomic E-state index is 0.616. The fraction of sp³-hybridized carbons (Fsp3) is 0.100. The van der Waals surface area contributed by atoms with E-state index in [1.54, 1.807) is 12.1 Å². The summed E-state index contributed by atoms with van der Waals surface area (Å²) in [6.45, 7) is 0. The van der Waals surface area contributed by atoms with Crippen LogP contribution in [0.3, 0.4) is 0 Å². The molecule has 3 N–H and O–H groups in total. The molecule has 0 aliphatic rings. The Bertz CT molecular complexity index is 523. The van der Waals surface area contributed by atoms with Crippen molar-refractivity contribution in [3.8, 4) is 0 Å². The number of hydrogen-bond donors (Lipinski definition) is 2. The summed E-state index contributed by atoms with van der Waals surface area (Å²) in [7, 11) is 0. The van der Waals surface area contributed by atoms with Gasteiger partial charge in [0.15, 0.2) is 0 Å². The maximum absolute atomic E-state index is 10.7. The third-order valence-corrected chi connectivity index (χ3v) is 3.61. The highest BCUT2D eigenvalue weighted by Crippen LogP contribution is 2.33. The maximum atomic E-state index is 10.7. The lowest BCUT2D eigenvalue weighted by molar-refractivity contribution is -0.138. The molecule has 1 aromatic carbocycles. The predicted octanol–water partition coefficient (Wildman–Crippen LogP) is 2.64. The van der Waals surface area contributed by atoms with E-state index >= 15 is 0 Å². The average Bonchev–Trinajstić information content (AvgIpc) is 2.61. The Morgan fingerprint density at radius 2 is 2.27 bits per heavy atom. The monoisotopic (exact) mass is 241 g/mol. The Hall–Kier alpha value is -1.10. The molecule has 1 aromatic heterocycles. The SMILES string of the molecule is NC(C(=O)O)c1cc2c(Cl)cccc2s1. The van der Waals surface area contributed by atoms with Crippen LogP contribution in [0.4, 0.5) is 0 Å². The third-order valence-electron chi connectivity index (χ3n) is 2.10. The van der Waals surface area contributed by atoms with E-state index in [0.29, 0.717) is 9.90 Å². The van der Waals surface area contributed by atoms with Crippen molar-refractivity contribution in [1.82, 2.24) is 0 Å². The van der Waals surface area contributed by atoms with Gasteiger partial charge in [0.25, 0.3) is 0 Å². The standard InChI is InChI=1S/C10H8ClNO2S/c11-6-2-1-3-7-5(6)4-8(15-7)9(12)10(13)14/h1-4,9H,12H2,(H,13,14). The van der Waals surface area contributed by atoms with Crippen LogP contribution in [-0.4, -0.2) is 11.1 Å². The Labute approximate surface area is 95.1 Å². The molecule has 0 saturated heterocycles. The lowest BCUT2D eigenvalue weighted by atomic mass is 10.2. The summed E-state index contributed by atoms with van der Waals surface area (Å²) in [6.07, 6.45) is 0. The van der Waals surface area contributed by atoms with Gasteiger partial charge in [-0.3, -0.25) is 4.79 Å². The van der Waals surface area contributed by atoms with E-state index in [2.05, 4.69) is 0 Å². The first-order valence-corrected chi connectivity index (χ1v) is 5.45. The average molecular weight is 242 g/mol. The quantitative estimate of drug-likeness (QED) is 0.850. The number of aliphatic carboxylic acids is 1. The van der Waals surface area contributed by atoms with E-state index in [9.17, 15) is 4.79 Å². The van der Waals surface area contributed by atoms with Crippen LogP contribution in [0.15, 0.2) is 24.3 Å². The van der Waals surface area contributed by atoms with Crippen molar-refractivity contribution in [2.24, 2.45) is 5.73 Å². The van der Waals surface area contributed by atoms with E-state index in [-0.39, 0.29) is 0 Å². The summed E-state index contributed by atoms with van der Waals surface area (Å²) < 4.78 is 0.953. The van der Waals surface area contributed by atoms with Gasteiger partial charge in [0.1, 0.15) is 6.04 Å². The number of fused-ring (bicyclic) bond motifs is 1. The van der Waals surface area contributed by atoms with Gasteiger partial charge in [0.2, 0.25) is 0 Å². The first-order chi connectivity index (χ1) is 7.09. The topological polar surface area (TPSA) is 63.3 Å². The number of carboxylic acid groups (broad SMARTS) is 1. The zero-order chi connectivity index (χ0) is 11.0. The first-order valence-electron chi connectivity index (χ1n) is 4.26. The van der Waals surface area contributed by atoms with Crippen LogP contribution in [0.2, 0.25) is 5.02 Å². The van der Waals surface area contributed by atoms with Crippen molar-refractivity contribution in [2.45, 2.75) is 6.04 Å². The van der Waals surface area contributed by atoms with E-state index in [0.717, 1.165) is 10.1 Å². The van der Waals surface area contributed by atoms with Gasteiger partial charge < -0.3 is 10.8 Å². The third kappa shape index (κ3) is 1.84. The lowest BCUT2D eigenvalue weighted by Crippen LogP contribution is -2.19. The largest absolute Gasteiger partial charge is 0.480 e. The Morgan fingerprint density at radius 1 is 1.53 bits per heavy atom. The summed E-state index contributed by atoms with van der Waals surface area (Å²) in [4.78, 5) is 11.3. The molecule has 5 heteroatoms. The summed E-state index contributed by atoms with van der Waals surface area (Å²) in [5, 5.41) is 10.3. The Balaban J connectivity index is 2.56. The second kappa shape index (κ2) is 3.81. The zero-order valence-corrected chi connectivity index (χ0v) is 9.18. The van der Waals surface area contributed by atoms with Crippen molar-refractivity contribution in [3.05, 3.63) is 34.2 Å². The van der Waals surface area contributed by atoms with E-state index in [4.69, 9.17) is 22.4 Å². The van der Waals surface area contributed by atoms with Crippen molar-refractivity contribution in [1.29, 1.82) is 0 Å². The van der Waals surface area contributed by atoms with Gasteiger partial charge in [-0.15, -0.1) is 11.3 Å². The molecule has 0 radical (unpaired) electrons. The number of hydrogen-bond acceptors (Lipinski definition) is 3. The molecular weight excluding hydrogens is 234 g/mol. The predicted molar refractivity (Wildman–Crippen MR) is 61.4 cm³/mol. The normalized spacial score (nSPS) is 12.9. The molecule has 0 amide bonds. The van der Waals surface area contributed by atoms with Crippen LogP contribution in [0.1, 0.15) is 10.9 Å². The van der Waals surface area contributed by atoms with Gasteiger partial charge in [0, 0.05) is 20.0 Å². The summed E-state index contributed by atoms with van der Waals surface area (Å²) in [6, 6.07) is 6.26. The number of benzene rings is 1. The minimum atomic E-state index is -1.03. The van der Waals surface area contributed by atoms with Crippen molar-refractivity contribution >= 4 is 39.0 Å². The summed E-state index contributed by atoms with van der Waals surface area (Å²) in [5.74, 6) is -1.03. The number of carbonyl (C=O) groups is 1. The molecule has 15 heavy (non-hydrogen) atoms. The highest BCUT2D eigenvalue weighted by atomic mass is 35.5. The molecule has 0 aliphatic heterocycles. The molecule has 0 saturated carbocycles. The summed E-state index contributed by atoms with van der Waals surface area (Å²) in [5.41, 5.74) is 5.52. The highest BCUT2D eigenvalue weighted by Gasteiger charge is 2.17. The minimum Gasteiger partial charge on any atom is -0.480 e. The number of rotatable bonds is 2. The van der Waals surface area contributed by atoms with Gasteiger partial charge in [-0.05, 0) is 18.2 Å². The van der Waals surface area contributed by atoms with Crippen molar-refractivity contribution in [3.63, 3.8) is 0 Å². The molecular formula is C10H8ClNO2S. The van der Waals surface area contributed by atoms with E-state index in [1.807, 2.05) is 12.1 Å². The molecule has 1 heterocycles. The first kappa shape index (κ1) is 10.4. The smallest absolute Gasteiger partial charge is 0.325 e. The van der Waals surface area contributed by atoms with E-state index < -0.39 is 12.0 Å². The van der Waals surface area contributed by atoms with Gasteiger partial charge in [-0.25, -0.2) is 0 Å². The van der Waals surface area contributed by atoms with E-state index in [1.165, 1.54) is 11.3 Å². The second-order valence-corrected chi connectivity index (χ2v) is 4.64. The number of thiophene rings is 1. The molecule has 0 spiro atoms. The molecule has 3 nitrogen and oxygen atoms in total. The zero-order valence-electron chi connectivity index (χ0n) is 7.61. The fourth-order valence-electron chi connectivity index (χ4n) is 1.32. The lowest BCUT2D eigenvalue weighted by Gasteiger charge is -2.00. The molecule has 0 aliphatic carbocycles. The molecule has 2 aromatic rings. The molecule has 0 bridgehead atoms. The second-order valence-electron chi connectivity index (χ2n) is 3.12. The van der Waals surface area contributed by atoms with Gasteiger partial charge in [0.05, 0.1) is 0 Å². The number of nitrogens with two attached hydrogens (primary N) is 1. The van der Waals surface area contributed by atoms with Crippen LogP contribution in [-0.2, 0) is 4.79 Å². The van der Waals surface area contributed by atoms with Gasteiger partial charge in [-0.1, -0.05) is 17.7 Å². The molecule has 1 unspecified atom stereocenters. The fourth-order valence-corrected chi connectivity index (χ4v) is 2.69. The molecule has 0 fully saturated rings. The van der Waals surface area contributed by atoms with Crippen LogP contribution in [0.25, 0.3) is 10.1 Å². The number of carboxylic acids is 1. The van der Waals surface area contributed by atoms with Crippen molar-refractivity contribution < 1.29 is 9.90 Å². The summed E-state index contributed by atoms with van der Waals surface area (Å²) >= 11 is 7.33. The molecule has 1 atom stereocenters. The van der Waals surface area contributed by atoms with Crippen LogP contribution >= 0.6 is 22.9 Å². The Morgan fingerprint density at radius 3 is 2.87 bits per heavy atom. The highest BCUT2D eigenvalue weighted by molar-refractivity contribution is 7.19. The van der Waals surface area contributed by atoms with Crippen LogP contribution in [0.5, 0.6) is 0 Å². The molecule has 78 valence electrons. The van der Waals surface area contributed by atoms with Crippen molar-refractivity contribution in [2.75, 3.05) is 0 Å².